The van der Waals surface area contributed by atoms with Crippen LogP contribution in [0.3, 0.4) is 0 Å². The first kappa shape index (κ1) is 17.8. The third-order valence-corrected chi connectivity index (χ3v) is 4.32. The van der Waals surface area contributed by atoms with Gasteiger partial charge >= 0.3 is 6.18 Å². The highest BCUT2D eigenvalue weighted by Crippen LogP contribution is 2.38. The number of halogens is 5. The average molecular weight is 387 g/mol. The summed E-state index contributed by atoms with van der Waals surface area (Å²) in [5.74, 6) is -0.815. The van der Waals surface area contributed by atoms with Crippen molar-refractivity contribution in [3.63, 3.8) is 0 Å². The summed E-state index contributed by atoms with van der Waals surface area (Å²) in [5, 5.41) is 3.24. The van der Waals surface area contributed by atoms with Gasteiger partial charge in [0.15, 0.2) is 0 Å². The Morgan fingerprint density at radius 1 is 1.16 bits per heavy atom. The van der Waals surface area contributed by atoms with Crippen LogP contribution in [0.1, 0.15) is 34.5 Å². The summed E-state index contributed by atoms with van der Waals surface area (Å²) in [6, 6.07) is 6.17. The fraction of sp³-hybridized carbons (Fsp3) is 0.176. The smallest absolute Gasteiger partial charge is 0.325 e. The molecule has 0 bridgehead atoms. The van der Waals surface area contributed by atoms with Gasteiger partial charge in [0, 0.05) is 11.9 Å². The SMILES string of the molecule is O=C(NC1=C(c2ncc(Cl)cc2Cl)CC1)c1ccccc1C(F)(F)F. The van der Waals surface area contributed by atoms with Gasteiger partial charge in [0.25, 0.3) is 5.91 Å². The van der Waals surface area contributed by atoms with Crippen molar-refractivity contribution in [2.24, 2.45) is 0 Å². The van der Waals surface area contributed by atoms with Crippen LogP contribution in [-0.2, 0) is 6.18 Å². The van der Waals surface area contributed by atoms with E-state index in [-0.39, 0.29) is 0 Å². The molecule has 0 saturated carbocycles. The predicted molar refractivity (Wildman–Crippen MR) is 89.3 cm³/mol. The fourth-order valence-corrected chi connectivity index (χ4v) is 3.04. The molecule has 0 spiro atoms. The van der Waals surface area contributed by atoms with Gasteiger partial charge in [0.05, 0.1) is 26.9 Å². The topological polar surface area (TPSA) is 42.0 Å². The molecule has 3 nitrogen and oxygen atoms in total. The van der Waals surface area contributed by atoms with Crippen molar-refractivity contribution in [3.8, 4) is 0 Å². The molecule has 1 N–H and O–H groups in total. The summed E-state index contributed by atoms with van der Waals surface area (Å²) < 4.78 is 39.1. The largest absolute Gasteiger partial charge is 0.417 e. The van der Waals surface area contributed by atoms with Crippen LogP contribution in [0.15, 0.2) is 42.2 Å². The molecule has 1 aliphatic carbocycles. The molecule has 130 valence electrons. The van der Waals surface area contributed by atoms with Gasteiger partial charge in [-0.25, -0.2) is 0 Å². The number of aromatic nitrogens is 1. The zero-order chi connectivity index (χ0) is 18.2. The lowest BCUT2D eigenvalue weighted by Crippen LogP contribution is -2.29. The lowest BCUT2D eigenvalue weighted by atomic mass is 9.90. The van der Waals surface area contributed by atoms with Crippen LogP contribution in [0.2, 0.25) is 10.0 Å². The van der Waals surface area contributed by atoms with E-state index in [4.69, 9.17) is 23.2 Å². The Bertz CT molecular complexity index is 878. The van der Waals surface area contributed by atoms with Crippen molar-refractivity contribution in [3.05, 3.63) is 69.1 Å². The van der Waals surface area contributed by atoms with E-state index >= 15 is 0 Å². The average Bonchev–Trinajstić information content (AvgIpc) is 2.53. The van der Waals surface area contributed by atoms with Gasteiger partial charge in [-0.15, -0.1) is 0 Å². The maximum Gasteiger partial charge on any atom is 0.417 e. The number of carbonyl (C=O) groups is 1. The maximum absolute atomic E-state index is 13.0. The molecule has 1 aliphatic rings. The minimum Gasteiger partial charge on any atom is -0.325 e. The van der Waals surface area contributed by atoms with E-state index in [1.165, 1.54) is 24.4 Å². The zero-order valence-corrected chi connectivity index (χ0v) is 14.1. The lowest BCUT2D eigenvalue weighted by molar-refractivity contribution is -0.137. The molecule has 0 unspecified atom stereocenters. The van der Waals surface area contributed by atoms with Crippen molar-refractivity contribution in [2.45, 2.75) is 19.0 Å². The van der Waals surface area contributed by atoms with Gasteiger partial charge < -0.3 is 5.32 Å². The molecule has 1 amide bonds. The number of nitrogens with zero attached hydrogens (tertiary/aromatic N) is 1. The number of rotatable bonds is 3. The van der Waals surface area contributed by atoms with E-state index < -0.39 is 23.2 Å². The summed E-state index contributed by atoms with van der Waals surface area (Å²) in [5.41, 5.74) is 0.274. The molecule has 0 saturated heterocycles. The summed E-state index contributed by atoms with van der Waals surface area (Å²) in [6.07, 6.45) is -2.04. The quantitative estimate of drug-likeness (QED) is 0.773. The Morgan fingerprint density at radius 2 is 1.88 bits per heavy atom. The molecule has 0 radical (unpaired) electrons. The number of hydrogen-bond donors (Lipinski definition) is 1. The minimum absolute atomic E-state index is 0.324. The van der Waals surface area contributed by atoms with Crippen LogP contribution >= 0.6 is 23.2 Å². The summed E-state index contributed by atoms with van der Waals surface area (Å²) in [7, 11) is 0. The summed E-state index contributed by atoms with van der Waals surface area (Å²) in [4.78, 5) is 16.4. The third kappa shape index (κ3) is 3.65. The number of pyridine rings is 1. The van der Waals surface area contributed by atoms with Crippen LogP contribution < -0.4 is 5.32 Å². The fourth-order valence-electron chi connectivity index (χ4n) is 2.54. The Morgan fingerprint density at radius 3 is 2.48 bits per heavy atom. The highest BCUT2D eigenvalue weighted by atomic mass is 35.5. The number of alkyl halides is 3. The Balaban J connectivity index is 1.89. The number of benzene rings is 1. The molecule has 0 atom stereocenters. The first-order valence-electron chi connectivity index (χ1n) is 7.28. The molecule has 0 fully saturated rings. The molecule has 25 heavy (non-hydrogen) atoms. The highest BCUT2D eigenvalue weighted by Gasteiger charge is 2.35. The molecule has 1 aromatic heterocycles. The first-order chi connectivity index (χ1) is 11.8. The molecule has 2 aromatic rings. The molecular formula is C17H11Cl2F3N2O. The van der Waals surface area contributed by atoms with Crippen molar-refractivity contribution >= 4 is 34.7 Å². The van der Waals surface area contributed by atoms with Gasteiger partial charge in [0.2, 0.25) is 0 Å². The Kier molecular flexibility index (Phi) is 4.75. The maximum atomic E-state index is 13.0. The number of amides is 1. The van der Waals surface area contributed by atoms with Gasteiger partial charge in [-0.3, -0.25) is 9.78 Å². The van der Waals surface area contributed by atoms with E-state index in [2.05, 4.69) is 10.3 Å². The molecule has 1 heterocycles. The van der Waals surface area contributed by atoms with Crippen LogP contribution in [0, 0.1) is 0 Å². The molecular weight excluding hydrogens is 376 g/mol. The summed E-state index contributed by atoms with van der Waals surface area (Å²) >= 11 is 11.9. The Labute approximate surface area is 151 Å². The second-order valence-corrected chi connectivity index (χ2v) is 6.28. The normalized spacial score (nSPS) is 14.3. The third-order valence-electron chi connectivity index (χ3n) is 3.82. The first-order valence-corrected chi connectivity index (χ1v) is 8.04. The van der Waals surface area contributed by atoms with E-state index in [0.717, 1.165) is 12.1 Å². The number of allylic oxidation sites excluding steroid dienone is 2. The number of carbonyl (C=O) groups excluding carboxylic acids is 1. The Hall–Kier alpha value is -2.05. The van der Waals surface area contributed by atoms with Gasteiger partial charge in [-0.2, -0.15) is 13.2 Å². The van der Waals surface area contributed by atoms with Gasteiger partial charge in [-0.05, 0) is 36.6 Å². The van der Waals surface area contributed by atoms with Crippen molar-refractivity contribution in [1.29, 1.82) is 0 Å². The molecule has 0 aliphatic heterocycles. The van der Waals surface area contributed by atoms with Gasteiger partial charge in [-0.1, -0.05) is 35.3 Å². The van der Waals surface area contributed by atoms with Crippen LogP contribution in [-0.4, -0.2) is 10.9 Å². The minimum atomic E-state index is -4.61. The number of nitrogens with one attached hydrogen (secondary N) is 1. The van der Waals surface area contributed by atoms with E-state index in [1.807, 2.05) is 0 Å². The molecule has 1 aromatic carbocycles. The van der Waals surface area contributed by atoms with Crippen LogP contribution in [0.4, 0.5) is 13.2 Å². The van der Waals surface area contributed by atoms with E-state index in [9.17, 15) is 18.0 Å². The van der Waals surface area contributed by atoms with Crippen molar-refractivity contribution in [2.75, 3.05) is 0 Å². The molecule has 8 heteroatoms. The van der Waals surface area contributed by atoms with Crippen molar-refractivity contribution < 1.29 is 18.0 Å². The summed E-state index contributed by atoms with van der Waals surface area (Å²) in [6.45, 7) is 0. The van der Waals surface area contributed by atoms with Gasteiger partial charge in [0.1, 0.15) is 0 Å². The lowest BCUT2D eigenvalue weighted by Gasteiger charge is -2.25. The van der Waals surface area contributed by atoms with E-state index in [0.29, 0.717) is 39.9 Å². The second-order valence-electron chi connectivity index (χ2n) is 5.44. The standard InChI is InChI=1S/C17H11Cl2F3N2O/c18-9-7-13(19)15(23-8-9)11-5-6-14(11)24-16(25)10-3-1-2-4-12(10)17(20,21)22/h1-4,7-8H,5-6H2,(H,24,25). The molecule has 3 rings (SSSR count). The number of hydrogen-bond acceptors (Lipinski definition) is 2. The van der Waals surface area contributed by atoms with E-state index in [1.54, 1.807) is 0 Å². The predicted octanol–water partition coefficient (Wildman–Crippen LogP) is 5.34. The monoisotopic (exact) mass is 386 g/mol. The van der Waals surface area contributed by atoms with Crippen molar-refractivity contribution in [1.82, 2.24) is 10.3 Å². The second kappa shape index (κ2) is 6.69. The van der Waals surface area contributed by atoms with Crippen LogP contribution in [0.5, 0.6) is 0 Å². The zero-order valence-electron chi connectivity index (χ0n) is 12.6. The highest BCUT2D eigenvalue weighted by molar-refractivity contribution is 6.35. The van der Waals surface area contributed by atoms with Crippen LogP contribution in [0.25, 0.3) is 5.57 Å².